The number of carboxylic acids is 1. The Labute approximate surface area is 124 Å². The lowest BCUT2D eigenvalue weighted by atomic mass is 9.85. The number of urea groups is 1. The highest BCUT2D eigenvalue weighted by Gasteiger charge is 2.29. The van der Waals surface area contributed by atoms with Gasteiger partial charge in [-0.2, -0.15) is 0 Å². The predicted octanol–water partition coefficient (Wildman–Crippen LogP) is 2.97. The average molecular weight is 290 g/mol. The second-order valence-corrected chi connectivity index (χ2v) is 6.12. The lowest BCUT2D eigenvalue weighted by Crippen LogP contribution is -2.30. The van der Waals surface area contributed by atoms with Crippen LogP contribution in [0.5, 0.6) is 0 Å². The molecule has 1 saturated carbocycles. The van der Waals surface area contributed by atoms with E-state index >= 15 is 0 Å². The zero-order valence-electron chi connectivity index (χ0n) is 12.5. The second kappa shape index (κ2) is 6.16. The first-order valence-electron chi connectivity index (χ1n) is 7.28. The summed E-state index contributed by atoms with van der Waals surface area (Å²) in [4.78, 5) is 22.9. The van der Waals surface area contributed by atoms with Crippen molar-refractivity contribution in [3.8, 4) is 0 Å². The van der Waals surface area contributed by atoms with Crippen molar-refractivity contribution < 1.29 is 14.7 Å². The molecule has 0 saturated heterocycles. The van der Waals surface area contributed by atoms with Crippen LogP contribution in [0.3, 0.4) is 0 Å². The first-order valence-corrected chi connectivity index (χ1v) is 7.28. The van der Waals surface area contributed by atoms with Gasteiger partial charge in [0.1, 0.15) is 0 Å². The minimum atomic E-state index is -0.939. The molecule has 0 aliphatic heterocycles. The smallest absolute Gasteiger partial charge is 0.319 e. The van der Waals surface area contributed by atoms with Gasteiger partial charge < -0.3 is 15.7 Å². The molecule has 0 unspecified atom stereocenters. The summed E-state index contributed by atoms with van der Waals surface area (Å²) in [5, 5.41) is 14.7. The molecule has 0 bridgehead atoms. The summed E-state index contributed by atoms with van der Waals surface area (Å²) in [7, 11) is 0. The molecule has 2 rings (SSSR count). The molecule has 0 spiro atoms. The predicted molar refractivity (Wildman–Crippen MR) is 81.5 cm³/mol. The molecule has 1 aromatic carbocycles. The number of aliphatic carboxylic acids is 1. The lowest BCUT2D eigenvalue weighted by molar-refractivity contribution is -0.142. The highest BCUT2D eigenvalue weighted by molar-refractivity contribution is 5.89. The third kappa shape index (κ3) is 4.21. The van der Waals surface area contributed by atoms with E-state index < -0.39 is 11.4 Å². The van der Waals surface area contributed by atoms with Crippen molar-refractivity contribution in [2.24, 2.45) is 5.92 Å². The molecule has 0 heterocycles. The minimum Gasteiger partial charge on any atom is -0.481 e. The van der Waals surface area contributed by atoms with Crippen molar-refractivity contribution in [1.82, 2.24) is 5.32 Å². The van der Waals surface area contributed by atoms with Crippen molar-refractivity contribution in [3.05, 3.63) is 29.8 Å². The highest BCUT2D eigenvalue weighted by atomic mass is 16.4. The summed E-state index contributed by atoms with van der Waals surface area (Å²) in [6.45, 7) is 4.01. The largest absolute Gasteiger partial charge is 0.481 e. The minimum absolute atomic E-state index is 0.221. The SMILES string of the molecule is CC(C)(C(=O)O)c1ccc(NC(=O)NCCC2CC2)cc1. The van der Waals surface area contributed by atoms with E-state index in [1.165, 1.54) is 12.8 Å². The van der Waals surface area contributed by atoms with E-state index in [4.69, 9.17) is 0 Å². The fourth-order valence-corrected chi connectivity index (χ4v) is 2.07. The Hall–Kier alpha value is -2.04. The molecule has 5 nitrogen and oxygen atoms in total. The number of rotatable bonds is 6. The van der Waals surface area contributed by atoms with Gasteiger partial charge in [-0.3, -0.25) is 4.79 Å². The van der Waals surface area contributed by atoms with Crippen LogP contribution in [0.1, 0.15) is 38.7 Å². The Kier molecular flexibility index (Phi) is 4.50. The van der Waals surface area contributed by atoms with E-state index in [0.29, 0.717) is 17.8 Å². The molecule has 114 valence electrons. The molecule has 1 aliphatic rings. The van der Waals surface area contributed by atoms with Crippen molar-refractivity contribution in [3.63, 3.8) is 0 Å². The number of carbonyl (C=O) groups is 2. The van der Waals surface area contributed by atoms with E-state index in [-0.39, 0.29) is 6.03 Å². The van der Waals surface area contributed by atoms with Crippen LogP contribution < -0.4 is 10.6 Å². The number of nitrogens with one attached hydrogen (secondary N) is 2. The molecule has 2 amide bonds. The molecule has 3 N–H and O–H groups in total. The summed E-state index contributed by atoms with van der Waals surface area (Å²) in [5.41, 5.74) is 0.420. The molecule has 1 aromatic rings. The van der Waals surface area contributed by atoms with Gasteiger partial charge in [-0.05, 0) is 43.9 Å². The van der Waals surface area contributed by atoms with E-state index in [9.17, 15) is 14.7 Å². The first kappa shape index (κ1) is 15.4. The van der Waals surface area contributed by atoms with Crippen molar-refractivity contribution in [2.75, 3.05) is 11.9 Å². The molecular weight excluding hydrogens is 268 g/mol. The van der Waals surface area contributed by atoms with Gasteiger partial charge in [0.2, 0.25) is 0 Å². The van der Waals surface area contributed by atoms with E-state index in [1.807, 2.05) is 0 Å². The maximum atomic E-state index is 11.7. The summed E-state index contributed by atoms with van der Waals surface area (Å²) < 4.78 is 0. The third-order valence-electron chi connectivity index (χ3n) is 3.93. The summed E-state index contributed by atoms with van der Waals surface area (Å²) in [6, 6.07) is 6.68. The normalized spacial score (nSPS) is 14.6. The summed E-state index contributed by atoms with van der Waals surface area (Å²) in [6.07, 6.45) is 3.60. The molecule has 1 fully saturated rings. The van der Waals surface area contributed by atoms with E-state index in [2.05, 4.69) is 10.6 Å². The molecule has 1 aliphatic carbocycles. The number of anilines is 1. The number of carbonyl (C=O) groups excluding carboxylic acids is 1. The number of benzene rings is 1. The fraction of sp³-hybridized carbons (Fsp3) is 0.500. The standard InChI is InChI=1S/C16H22N2O3/c1-16(2,14(19)20)12-5-7-13(8-6-12)18-15(21)17-10-9-11-3-4-11/h5-8,11H,3-4,9-10H2,1-2H3,(H,19,20)(H2,17,18,21). The monoisotopic (exact) mass is 290 g/mol. The molecule has 5 heteroatoms. The zero-order valence-corrected chi connectivity index (χ0v) is 12.5. The van der Waals surface area contributed by atoms with Crippen molar-refractivity contribution in [2.45, 2.75) is 38.5 Å². The van der Waals surface area contributed by atoms with Gasteiger partial charge in [0.25, 0.3) is 0 Å². The van der Waals surface area contributed by atoms with Crippen LogP contribution in [0.2, 0.25) is 0 Å². The Morgan fingerprint density at radius 1 is 1.24 bits per heavy atom. The van der Waals surface area contributed by atoms with Crippen LogP contribution in [-0.2, 0) is 10.2 Å². The van der Waals surface area contributed by atoms with Crippen LogP contribution in [0.4, 0.5) is 10.5 Å². The molecular formula is C16H22N2O3. The topological polar surface area (TPSA) is 78.4 Å². The zero-order chi connectivity index (χ0) is 15.5. The molecule has 0 aromatic heterocycles. The Balaban J connectivity index is 1.86. The van der Waals surface area contributed by atoms with Gasteiger partial charge >= 0.3 is 12.0 Å². The molecule has 21 heavy (non-hydrogen) atoms. The van der Waals surface area contributed by atoms with Gasteiger partial charge in [0, 0.05) is 12.2 Å². The maximum absolute atomic E-state index is 11.7. The Morgan fingerprint density at radius 3 is 2.38 bits per heavy atom. The Bertz CT molecular complexity index is 519. The second-order valence-electron chi connectivity index (χ2n) is 6.12. The lowest BCUT2D eigenvalue weighted by Gasteiger charge is -2.19. The highest BCUT2D eigenvalue weighted by Crippen LogP contribution is 2.31. The number of amides is 2. The van der Waals surface area contributed by atoms with Gasteiger partial charge in [-0.1, -0.05) is 25.0 Å². The quantitative estimate of drug-likeness (QED) is 0.753. The average Bonchev–Trinajstić information content (AvgIpc) is 3.23. The number of hydrogen-bond acceptors (Lipinski definition) is 2. The number of carboxylic acid groups (broad SMARTS) is 1. The number of hydrogen-bond donors (Lipinski definition) is 3. The maximum Gasteiger partial charge on any atom is 0.319 e. The van der Waals surface area contributed by atoms with Gasteiger partial charge in [0.05, 0.1) is 5.41 Å². The van der Waals surface area contributed by atoms with Gasteiger partial charge in [-0.25, -0.2) is 4.79 Å². The first-order chi connectivity index (χ1) is 9.89. The van der Waals surface area contributed by atoms with Crippen LogP contribution in [0.15, 0.2) is 24.3 Å². The molecule has 0 radical (unpaired) electrons. The summed E-state index contributed by atoms with van der Waals surface area (Å²) in [5.74, 6) is -0.0798. The molecule has 0 atom stereocenters. The van der Waals surface area contributed by atoms with Crippen LogP contribution in [0, 0.1) is 5.92 Å². The van der Waals surface area contributed by atoms with Crippen molar-refractivity contribution in [1.29, 1.82) is 0 Å². The van der Waals surface area contributed by atoms with Gasteiger partial charge in [0.15, 0.2) is 0 Å². The van der Waals surface area contributed by atoms with E-state index in [0.717, 1.165) is 12.3 Å². The van der Waals surface area contributed by atoms with Crippen molar-refractivity contribution >= 4 is 17.7 Å². The van der Waals surface area contributed by atoms with Crippen LogP contribution in [0.25, 0.3) is 0 Å². The van der Waals surface area contributed by atoms with E-state index in [1.54, 1.807) is 38.1 Å². The Morgan fingerprint density at radius 2 is 1.86 bits per heavy atom. The fourth-order valence-electron chi connectivity index (χ4n) is 2.07. The third-order valence-corrected chi connectivity index (χ3v) is 3.93. The van der Waals surface area contributed by atoms with Gasteiger partial charge in [-0.15, -0.1) is 0 Å². The van der Waals surface area contributed by atoms with Crippen LogP contribution >= 0.6 is 0 Å². The summed E-state index contributed by atoms with van der Waals surface area (Å²) >= 11 is 0. The van der Waals surface area contributed by atoms with Crippen LogP contribution in [-0.4, -0.2) is 23.7 Å².